The minimum atomic E-state index is -0.226. The second-order valence-corrected chi connectivity index (χ2v) is 4.95. The van der Waals surface area contributed by atoms with Gasteiger partial charge in [0.05, 0.1) is 11.9 Å². The minimum Gasteiger partial charge on any atom is -0.309 e. The molecule has 0 unspecified atom stereocenters. The molecule has 0 aliphatic rings. The van der Waals surface area contributed by atoms with E-state index in [9.17, 15) is 4.79 Å². The van der Waals surface area contributed by atoms with Gasteiger partial charge < -0.3 is 4.90 Å². The van der Waals surface area contributed by atoms with Gasteiger partial charge in [-0.1, -0.05) is 35.9 Å². The van der Waals surface area contributed by atoms with Crippen LogP contribution in [-0.4, -0.2) is 22.9 Å². The van der Waals surface area contributed by atoms with Gasteiger partial charge in [-0.2, -0.15) is 0 Å². The minimum absolute atomic E-state index is 0.226. The Bertz CT molecular complexity index is 805. The first-order chi connectivity index (χ1) is 10.2. The zero-order valence-corrected chi connectivity index (χ0v) is 12.1. The van der Waals surface area contributed by atoms with Crippen LogP contribution >= 0.6 is 11.6 Å². The molecule has 3 aromatic rings. The molecule has 1 aromatic carbocycles. The lowest BCUT2D eigenvalue weighted by Crippen LogP contribution is -2.27. The zero-order chi connectivity index (χ0) is 14.8. The first-order valence-electron chi connectivity index (χ1n) is 6.40. The molecule has 0 aliphatic carbocycles. The van der Waals surface area contributed by atoms with Gasteiger partial charge in [0.2, 0.25) is 0 Å². The Hall–Kier alpha value is -2.46. The van der Waals surface area contributed by atoms with Gasteiger partial charge in [-0.25, -0.2) is 4.98 Å². The third kappa shape index (κ3) is 2.58. The summed E-state index contributed by atoms with van der Waals surface area (Å²) in [5, 5.41) is 2.05. The van der Waals surface area contributed by atoms with Crippen LogP contribution in [0.3, 0.4) is 0 Å². The Labute approximate surface area is 127 Å². The highest BCUT2D eigenvalue weighted by Crippen LogP contribution is 2.23. The number of hydrogen-bond donors (Lipinski definition) is 0. The van der Waals surface area contributed by atoms with Gasteiger partial charge >= 0.3 is 0 Å². The molecule has 0 atom stereocenters. The van der Waals surface area contributed by atoms with Gasteiger partial charge in [0.1, 0.15) is 10.8 Å². The fourth-order valence-electron chi connectivity index (χ4n) is 2.11. The Kier molecular flexibility index (Phi) is 3.54. The van der Waals surface area contributed by atoms with E-state index in [2.05, 4.69) is 9.97 Å². The van der Waals surface area contributed by atoms with Gasteiger partial charge in [-0.3, -0.25) is 9.78 Å². The van der Waals surface area contributed by atoms with Crippen molar-refractivity contribution in [3.05, 3.63) is 65.7 Å². The lowest BCUT2D eigenvalue weighted by Gasteiger charge is -2.16. The average molecular weight is 298 g/mol. The molecule has 0 saturated heterocycles. The number of benzene rings is 1. The number of aromatic nitrogens is 2. The zero-order valence-electron chi connectivity index (χ0n) is 11.3. The number of amides is 1. The first kappa shape index (κ1) is 13.5. The Morgan fingerprint density at radius 2 is 2.00 bits per heavy atom. The van der Waals surface area contributed by atoms with Crippen LogP contribution in [0.15, 0.2) is 54.9 Å². The van der Waals surface area contributed by atoms with Crippen molar-refractivity contribution in [1.29, 1.82) is 0 Å². The van der Waals surface area contributed by atoms with Gasteiger partial charge in [-0.15, -0.1) is 0 Å². The van der Waals surface area contributed by atoms with Crippen molar-refractivity contribution in [3.63, 3.8) is 0 Å². The molecule has 0 aliphatic heterocycles. The molecule has 0 fully saturated rings. The topological polar surface area (TPSA) is 46.1 Å². The first-order valence-corrected chi connectivity index (χ1v) is 6.78. The van der Waals surface area contributed by atoms with E-state index in [1.54, 1.807) is 31.6 Å². The molecule has 0 spiro atoms. The van der Waals surface area contributed by atoms with Crippen LogP contribution in [-0.2, 0) is 0 Å². The number of carbonyl (C=O) groups excluding carboxylic acids is 1. The molecular formula is C16H12ClN3O. The maximum Gasteiger partial charge on any atom is 0.276 e. The van der Waals surface area contributed by atoms with Gasteiger partial charge in [0, 0.05) is 18.6 Å². The third-order valence-corrected chi connectivity index (χ3v) is 3.54. The lowest BCUT2D eigenvalue weighted by atomic mass is 10.1. The molecule has 1 amide bonds. The molecule has 0 bridgehead atoms. The summed E-state index contributed by atoms with van der Waals surface area (Å²) < 4.78 is 0. The summed E-state index contributed by atoms with van der Waals surface area (Å²) in [7, 11) is 1.68. The quantitative estimate of drug-likeness (QED) is 0.679. The summed E-state index contributed by atoms with van der Waals surface area (Å²) in [5.74, 6) is -0.226. The number of carbonyl (C=O) groups is 1. The molecular weight excluding hydrogens is 286 g/mol. The van der Waals surface area contributed by atoms with Crippen LogP contribution in [0.4, 0.5) is 5.69 Å². The van der Waals surface area contributed by atoms with E-state index < -0.39 is 0 Å². The highest BCUT2D eigenvalue weighted by Gasteiger charge is 2.16. The maximum absolute atomic E-state index is 12.5. The van der Waals surface area contributed by atoms with E-state index in [1.165, 1.54) is 4.90 Å². The molecule has 2 aromatic heterocycles. The molecule has 2 heterocycles. The van der Waals surface area contributed by atoms with E-state index >= 15 is 0 Å². The van der Waals surface area contributed by atoms with Crippen LogP contribution < -0.4 is 4.90 Å². The number of nitrogens with zero attached hydrogens (tertiary/aromatic N) is 3. The van der Waals surface area contributed by atoms with Crippen LogP contribution in [0.1, 0.15) is 10.5 Å². The number of rotatable bonds is 2. The Morgan fingerprint density at radius 1 is 1.19 bits per heavy atom. The predicted molar refractivity (Wildman–Crippen MR) is 83.7 cm³/mol. The Balaban J connectivity index is 2.02. The molecule has 21 heavy (non-hydrogen) atoms. The highest BCUT2D eigenvalue weighted by atomic mass is 35.5. The van der Waals surface area contributed by atoms with Crippen molar-refractivity contribution in [2.45, 2.75) is 0 Å². The van der Waals surface area contributed by atoms with Crippen molar-refractivity contribution >= 4 is 34.0 Å². The maximum atomic E-state index is 12.5. The number of anilines is 1. The summed E-state index contributed by atoms with van der Waals surface area (Å²) in [6.45, 7) is 0. The van der Waals surface area contributed by atoms with Crippen molar-refractivity contribution in [2.75, 3.05) is 11.9 Å². The molecule has 0 saturated carbocycles. The average Bonchev–Trinajstić information content (AvgIpc) is 2.54. The van der Waals surface area contributed by atoms with Crippen molar-refractivity contribution in [2.24, 2.45) is 0 Å². The SMILES string of the molecule is CN(C(=O)c1cc2ccccc2c(Cl)n1)c1cccnc1. The van der Waals surface area contributed by atoms with Gasteiger partial charge in [0.25, 0.3) is 5.91 Å². The molecule has 104 valence electrons. The number of hydrogen-bond acceptors (Lipinski definition) is 3. The monoisotopic (exact) mass is 297 g/mol. The van der Waals surface area contributed by atoms with Crippen LogP contribution in [0.2, 0.25) is 5.15 Å². The molecule has 4 nitrogen and oxygen atoms in total. The van der Waals surface area contributed by atoms with E-state index in [0.717, 1.165) is 10.8 Å². The van der Waals surface area contributed by atoms with Crippen molar-refractivity contribution < 1.29 is 4.79 Å². The number of fused-ring (bicyclic) bond motifs is 1. The number of pyridine rings is 2. The summed E-state index contributed by atoms with van der Waals surface area (Å²) >= 11 is 6.16. The summed E-state index contributed by atoms with van der Waals surface area (Å²) in [6, 6.07) is 12.9. The van der Waals surface area contributed by atoms with Crippen LogP contribution in [0, 0.1) is 0 Å². The smallest absolute Gasteiger partial charge is 0.276 e. The Morgan fingerprint density at radius 3 is 2.76 bits per heavy atom. The normalized spacial score (nSPS) is 10.6. The van der Waals surface area contributed by atoms with Crippen molar-refractivity contribution in [3.8, 4) is 0 Å². The summed E-state index contributed by atoms with van der Waals surface area (Å²) in [4.78, 5) is 22.2. The second-order valence-electron chi connectivity index (χ2n) is 4.59. The lowest BCUT2D eigenvalue weighted by molar-refractivity contribution is 0.0988. The van der Waals surface area contributed by atoms with E-state index in [1.807, 2.05) is 30.3 Å². The molecule has 0 N–H and O–H groups in total. The fourth-order valence-corrected chi connectivity index (χ4v) is 2.37. The molecule has 3 rings (SSSR count). The summed E-state index contributed by atoms with van der Waals surface area (Å²) in [6.07, 6.45) is 3.29. The van der Waals surface area contributed by atoms with Crippen molar-refractivity contribution in [1.82, 2.24) is 9.97 Å². The van der Waals surface area contributed by atoms with Gasteiger partial charge in [0.15, 0.2) is 0 Å². The van der Waals surface area contributed by atoms with Crippen LogP contribution in [0.5, 0.6) is 0 Å². The molecule has 5 heteroatoms. The van der Waals surface area contributed by atoms with E-state index in [4.69, 9.17) is 11.6 Å². The standard InChI is InChI=1S/C16H12ClN3O/c1-20(12-6-4-8-18-10-12)16(21)14-9-11-5-2-3-7-13(11)15(17)19-14/h2-10H,1H3. The van der Waals surface area contributed by atoms with E-state index in [0.29, 0.717) is 16.5 Å². The third-order valence-electron chi connectivity index (χ3n) is 3.25. The van der Waals surface area contributed by atoms with Gasteiger partial charge in [-0.05, 0) is 23.6 Å². The summed E-state index contributed by atoms with van der Waals surface area (Å²) in [5.41, 5.74) is 1.01. The fraction of sp³-hybridized carbons (Fsp3) is 0.0625. The van der Waals surface area contributed by atoms with E-state index in [-0.39, 0.29) is 5.91 Å². The van der Waals surface area contributed by atoms with Crippen LogP contribution in [0.25, 0.3) is 10.8 Å². The second kappa shape index (κ2) is 5.50. The largest absolute Gasteiger partial charge is 0.309 e. The highest BCUT2D eigenvalue weighted by molar-refractivity contribution is 6.34. The predicted octanol–water partition coefficient (Wildman–Crippen LogP) is 3.56. The number of halogens is 1. The molecule has 0 radical (unpaired) electrons.